The quantitative estimate of drug-likeness (QED) is 0.680. The number of nitrogens with one attached hydrogen (secondary N) is 1. The van der Waals surface area contributed by atoms with Gasteiger partial charge in [-0.1, -0.05) is 23.9 Å². The van der Waals surface area contributed by atoms with Crippen molar-refractivity contribution in [3.05, 3.63) is 41.7 Å². The molecule has 2 aromatic heterocycles. The summed E-state index contributed by atoms with van der Waals surface area (Å²) in [5, 5.41) is 14.1. The molecule has 9 heteroatoms. The maximum atomic E-state index is 11.0. The first-order chi connectivity index (χ1) is 11.7. The third-order valence-electron chi connectivity index (χ3n) is 3.05. The number of thioether (sulfide) groups is 1. The second-order valence-electron chi connectivity index (χ2n) is 4.77. The molecule has 24 heavy (non-hydrogen) atoms. The van der Waals surface area contributed by atoms with E-state index in [0.29, 0.717) is 10.9 Å². The Labute approximate surface area is 147 Å². The number of methoxy groups -OCH3 is 1. The van der Waals surface area contributed by atoms with Crippen LogP contribution in [0.3, 0.4) is 0 Å². The molecule has 1 amide bonds. The van der Waals surface area contributed by atoms with Crippen LogP contribution in [-0.4, -0.2) is 32.8 Å². The Hall–Kier alpha value is -2.39. The molecule has 0 unspecified atom stereocenters. The van der Waals surface area contributed by atoms with Crippen molar-refractivity contribution in [1.29, 1.82) is 0 Å². The fourth-order valence-corrected chi connectivity index (χ4v) is 3.71. The van der Waals surface area contributed by atoms with Crippen LogP contribution in [0.4, 0.5) is 5.13 Å². The van der Waals surface area contributed by atoms with Gasteiger partial charge in [-0.05, 0) is 12.1 Å². The molecule has 1 N–H and O–H groups in total. The van der Waals surface area contributed by atoms with E-state index in [-0.39, 0.29) is 5.91 Å². The molecule has 0 aliphatic rings. The summed E-state index contributed by atoms with van der Waals surface area (Å²) < 4.78 is 7.27. The normalized spacial score (nSPS) is 10.6. The summed E-state index contributed by atoms with van der Waals surface area (Å²) in [5.41, 5.74) is 1.76. The fraction of sp³-hybridized carbons (Fsp3) is 0.200. The van der Waals surface area contributed by atoms with Gasteiger partial charge in [-0.3, -0.25) is 9.36 Å². The van der Waals surface area contributed by atoms with Crippen LogP contribution in [0, 0.1) is 0 Å². The van der Waals surface area contributed by atoms with Crippen LogP contribution >= 0.6 is 23.1 Å². The minimum Gasteiger partial charge on any atom is -0.495 e. The molecule has 0 radical (unpaired) electrons. The summed E-state index contributed by atoms with van der Waals surface area (Å²) in [6, 6.07) is 7.69. The van der Waals surface area contributed by atoms with Crippen LogP contribution in [0.15, 0.2) is 41.1 Å². The molecule has 2 heterocycles. The first-order valence-corrected chi connectivity index (χ1v) is 8.92. The third-order valence-corrected chi connectivity index (χ3v) is 4.83. The van der Waals surface area contributed by atoms with Gasteiger partial charge in [-0.2, -0.15) is 0 Å². The second-order valence-corrected chi connectivity index (χ2v) is 6.57. The second kappa shape index (κ2) is 7.45. The van der Waals surface area contributed by atoms with Crippen molar-refractivity contribution in [3.63, 3.8) is 0 Å². The number of para-hydroxylation sites is 2. The zero-order chi connectivity index (χ0) is 16.9. The van der Waals surface area contributed by atoms with E-state index in [9.17, 15) is 4.79 Å². The number of hydrogen-bond donors (Lipinski definition) is 1. The van der Waals surface area contributed by atoms with E-state index in [1.807, 2.05) is 34.2 Å². The summed E-state index contributed by atoms with van der Waals surface area (Å²) in [4.78, 5) is 15.4. The lowest BCUT2D eigenvalue weighted by molar-refractivity contribution is -0.114. The monoisotopic (exact) mass is 361 g/mol. The Morgan fingerprint density at radius 3 is 3.04 bits per heavy atom. The fourth-order valence-electron chi connectivity index (χ4n) is 2.04. The zero-order valence-electron chi connectivity index (χ0n) is 13.1. The third kappa shape index (κ3) is 3.74. The molecule has 0 spiro atoms. The number of rotatable bonds is 6. The average molecular weight is 361 g/mol. The molecule has 3 aromatic rings. The van der Waals surface area contributed by atoms with Crippen molar-refractivity contribution >= 4 is 34.1 Å². The highest BCUT2D eigenvalue weighted by Gasteiger charge is 2.12. The minimum atomic E-state index is -0.125. The molecule has 124 valence electrons. The van der Waals surface area contributed by atoms with Crippen LogP contribution in [-0.2, 0) is 10.5 Å². The number of hydrogen-bond acceptors (Lipinski definition) is 7. The van der Waals surface area contributed by atoms with Crippen molar-refractivity contribution in [1.82, 2.24) is 19.7 Å². The van der Waals surface area contributed by atoms with Crippen molar-refractivity contribution in [2.24, 2.45) is 0 Å². The zero-order valence-corrected chi connectivity index (χ0v) is 14.7. The highest BCUT2D eigenvalue weighted by molar-refractivity contribution is 7.98. The Morgan fingerprint density at radius 2 is 2.25 bits per heavy atom. The maximum Gasteiger partial charge on any atom is 0.223 e. The lowest BCUT2D eigenvalue weighted by Crippen LogP contribution is -2.05. The van der Waals surface area contributed by atoms with Gasteiger partial charge in [-0.25, -0.2) is 4.98 Å². The number of thiazole rings is 1. The number of carbonyl (C=O) groups is 1. The van der Waals surface area contributed by atoms with E-state index in [4.69, 9.17) is 4.74 Å². The van der Waals surface area contributed by atoms with Crippen LogP contribution in [0.1, 0.15) is 12.6 Å². The number of amides is 1. The molecular formula is C15H15N5O2S2. The molecule has 1 aromatic carbocycles. The predicted octanol–water partition coefficient (Wildman–Crippen LogP) is 2.98. The summed E-state index contributed by atoms with van der Waals surface area (Å²) in [6.07, 6.45) is 1.66. The summed E-state index contributed by atoms with van der Waals surface area (Å²) in [5.74, 6) is 1.25. The molecular weight excluding hydrogens is 346 g/mol. The van der Waals surface area contributed by atoms with Crippen LogP contribution in [0.25, 0.3) is 5.69 Å². The number of carbonyl (C=O) groups excluding carboxylic acids is 1. The summed E-state index contributed by atoms with van der Waals surface area (Å²) >= 11 is 2.92. The summed E-state index contributed by atoms with van der Waals surface area (Å²) in [6.45, 7) is 1.46. The largest absolute Gasteiger partial charge is 0.495 e. The first-order valence-electron chi connectivity index (χ1n) is 7.05. The Balaban J connectivity index is 1.74. The van der Waals surface area contributed by atoms with E-state index in [0.717, 1.165) is 22.3 Å². The molecule has 3 rings (SSSR count). The molecule has 0 saturated heterocycles. The predicted molar refractivity (Wildman–Crippen MR) is 93.9 cm³/mol. The Bertz CT molecular complexity index is 846. The van der Waals surface area contributed by atoms with Gasteiger partial charge in [0.1, 0.15) is 12.1 Å². The van der Waals surface area contributed by atoms with E-state index >= 15 is 0 Å². The molecule has 7 nitrogen and oxygen atoms in total. The highest BCUT2D eigenvalue weighted by atomic mass is 32.2. The molecule has 0 aliphatic heterocycles. The topological polar surface area (TPSA) is 81.9 Å². The minimum absolute atomic E-state index is 0.125. The average Bonchev–Trinajstić information content (AvgIpc) is 3.21. The van der Waals surface area contributed by atoms with E-state index in [2.05, 4.69) is 20.5 Å². The van der Waals surface area contributed by atoms with Crippen molar-refractivity contribution in [3.8, 4) is 11.4 Å². The number of anilines is 1. The molecule has 0 atom stereocenters. The molecule has 0 aliphatic carbocycles. The van der Waals surface area contributed by atoms with E-state index < -0.39 is 0 Å². The van der Waals surface area contributed by atoms with Crippen molar-refractivity contribution < 1.29 is 9.53 Å². The lowest BCUT2D eigenvalue weighted by atomic mass is 10.3. The SMILES string of the molecule is COc1ccccc1-n1cnnc1SCc1csc(NC(C)=O)n1. The van der Waals surface area contributed by atoms with Crippen molar-refractivity contribution in [2.75, 3.05) is 12.4 Å². The first kappa shape index (κ1) is 16.5. The smallest absolute Gasteiger partial charge is 0.223 e. The highest BCUT2D eigenvalue weighted by Crippen LogP contribution is 2.29. The number of ether oxygens (including phenoxy) is 1. The lowest BCUT2D eigenvalue weighted by Gasteiger charge is -2.10. The van der Waals surface area contributed by atoms with Crippen LogP contribution < -0.4 is 10.1 Å². The van der Waals surface area contributed by atoms with E-state index in [1.54, 1.807) is 13.4 Å². The molecule has 0 fully saturated rings. The number of aromatic nitrogens is 4. The summed E-state index contributed by atoms with van der Waals surface area (Å²) in [7, 11) is 1.63. The van der Waals surface area contributed by atoms with Gasteiger partial charge in [0.25, 0.3) is 0 Å². The standard InChI is InChI=1S/C15H15N5O2S2/c1-10(21)17-14-18-11(7-23-14)8-24-15-19-16-9-20(15)12-5-3-4-6-13(12)22-2/h3-7,9H,8H2,1-2H3,(H,17,18,21). The Morgan fingerprint density at radius 1 is 1.42 bits per heavy atom. The Kier molecular flexibility index (Phi) is 5.11. The van der Waals surface area contributed by atoms with Crippen molar-refractivity contribution in [2.45, 2.75) is 17.8 Å². The van der Waals surface area contributed by atoms with Gasteiger partial charge in [0.05, 0.1) is 18.5 Å². The molecule has 0 saturated carbocycles. The molecule has 0 bridgehead atoms. The van der Waals surface area contributed by atoms with Crippen LogP contribution in [0.5, 0.6) is 5.75 Å². The number of benzene rings is 1. The van der Waals surface area contributed by atoms with Gasteiger partial charge < -0.3 is 10.1 Å². The van der Waals surface area contributed by atoms with Crippen LogP contribution in [0.2, 0.25) is 0 Å². The van der Waals surface area contributed by atoms with Gasteiger partial charge in [0, 0.05) is 18.1 Å². The van der Waals surface area contributed by atoms with Gasteiger partial charge >= 0.3 is 0 Å². The van der Waals surface area contributed by atoms with Gasteiger partial charge in [0.2, 0.25) is 5.91 Å². The maximum absolute atomic E-state index is 11.0. The van der Waals surface area contributed by atoms with Gasteiger partial charge in [0.15, 0.2) is 10.3 Å². The number of nitrogens with zero attached hydrogens (tertiary/aromatic N) is 4. The van der Waals surface area contributed by atoms with E-state index in [1.165, 1.54) is 30.0 Å². The van der Waals surface area contributed by atoms with Gasteiger partial charge in [-0.15, -0.1) is 21.5 Å².